The van der Waals surface area contributed by atoms with E-state index >= 15 is 0 Å². The van der Waals surface area contributed by atoms with Crippen LogP contribution in [0.5, 0.6) is 0 Å². The summed E-state index contributed by atoms with van der Waals surface area (Å²) in [6.45, 7) is 6.47. The molecule has 0 aliphatic carbocycles. The van der Waals surface area contributed by atoms with Crippen LogP contribution in [0.15, 0.2) is 72.9 Å². The molecule has 0 saturated carbocycles. The highest BCUT2D eigenvalue weighted by atomic mass is 16.6. The third-order valence-corrected chi connectivity index (χ3v) is 11.4. The second-order valence-corrected chi connectivity index (χ2v) is 17.7. The van der Waals surface area contributed by atoms with Gasteiger partial charge >= 0.3 is 17.9 Å². The lowest BCUT2D eigenvalue weighted by Gasteiger charge is -2.18. The van der Waals surface area contributed by atoms with Crippen molar-refractivity contribution in [3.05, 3.63) is 72.9 Å². The number of rotatable bonds is 48. The van der Waals surface area contributed by atoms with E-state index in [1.54, 1.807) is 0 Å². The molecule has 0 aliphatic rings. The lowest BCUT2D eigenvalue weighted by atomic mass is 10.1. The van der Waals surface area contributed by atoms with Crippen LogP contribution < -0.4 is 0 Å². The quantitative estimate of drug-likeness (QED) is 0.0262. The summed E-state index contributed by atoms with van der Waals surface area (Å²) in [4.78, 5) is 38.0. The molecule has 0 aromatic carbocycles. The van der Waals surface area contributed by atoms with Gasteiger partial charge in [0.15, 0.2) is 6.10 Å². The van der Waals surface area contributed by atoms with Crippen molar-refractivity contribution in [2.24, 2.45) is 0 Å². The fraction of sp³-hybridized carbons (Fsp3) is 0.741. The van der Waals surface area contributed by atoms with Gasteiger partial charge in [0.05, 0.1) is 0 Å². The lowest BCUT2D eigenvalue weighted by molar-refractivity contribution is -0.167. The van der Waals surface area contributed by atoms with Crippen LogP contribution in [0.3, 0.4) is 0 Å². The van der Waals surface area contributed by atoms with Gasteiger partial charge in [0.25, 0.3) is 0 Å². The minimum Gasteiger partial charge on any atom is -0.462 e. The molecule has 0 rings (SSSR count). The maximum atomic E-state index is 12.8. The van der Waals surface area contributed by atoms with Crippen LogP contribution in [-0.2, 0) is 28.6 Å². The van der Waals surface area contributed by atoms with E-state index in [0.29, 0.717) is 19.3 Å². The zero-order valence-electron chi connectivity index (χ0n) is 42.0. The minimum absolute atomic E-state index is 0.0968. The van der Waals surface area contributed by atoms with Crippen LogP contribution in [0.25, 0.3) is 0 Å². The Labute approximate surface area is 395 Å². The van der Waals surface area contributed by atoms with Crippen LogP contribution in [0.1, 0.15) is 258 Å². The fourth-order valence-corrected chi connectivity index (χ4v) is 7.37. The first-order valence-corrected chi connectivity index (χ1v) is 26.9. The lowest BCUT2D eigenvalue weighted by Crippen LogP contribution is -2.30. The van der Waals surface area contributed by atoms with Gasteiger partial charge in [-0.25, -0.2) is 0 Å². The van der Waals surface area contributed by atoms with Crippen molar-refractivity contribution < 1.29 is 28.6 Å². The van der Waals surface area contributed by atoms with E-state index in [2.05, 4.69) is 93.7 Å². The Kier molecular flexibility index (Phi) is 49.9. The summed E-state index contributed by atoms with van der Waals surface area (Å²) < 4.78 is 16.8. The van der Waals surface area contributed by atoms with Crippen molar-refractivity contribution in [3.8, 4) is 0 Å². The monoisotopic (exact) mass is 893 g/mol. The summed E-state index contributed by atoms with van der Waals surface area (Å²) in [7, 11) is 0. The molecular formula is C58H100O6. The molecule has 1 unspecified atom stereocenters. The molecule has 368 valence electrons. The van der Waals surface area contributed by atoms with E-state index in [9.17, 15) is 14.4 Å². The third kappa shape index (κ3) is 49.9. The average molecular weight is 893 g/mol. The number of esters is 3. The molecule has 0 aliphatic heterocycles. The Balaban J connectivity index is 4.47. The Morgan fingerprint density at radius 1 is 0.328 bits per heavy atom. The Morgan fingerprint density at radius 2 is 0.625 bits per heavy atom. The Hall–Kier alpha value is -3.15. The summed E-state index contributed by atoms with van der Waals surface area (Å²) in [6.07, 6.45) is 66.0. The van der Waals surface area contributed by atoms with Crippen molar-refractivity contribution in [2.75, 3.05) is 13.2 Å². The zero-order chi connectivity index (χ0) is 46.5. The van der Waals surface area contributed by atoms with Gasteiger partial charge in [-0.15, -0.1) is 0 Å². The maximum absolute atomic E-state index is 12.8. The van der Waals surface area contributed by atoms with Gasteiger partial charge in [-0.3, -0.25) is 14.4 Å². The second-order valence-electron chi connectivity index (χ2n) is 17.7. The molecule has 6 heteroatoms. The zero-order valence-corrected chi connectivity index (χ0v) is 42.0. The maximum Gasteiger partial charge on any atom is 0.306 e. The van der Waals surface area contributed by atoms with Crippen molar-refractivity contribution in [2.45, 2.75) is 264 Å². The van der Waals surface area contributed by atoms with Crippen molar-refractivity contribution in [1.82, 2.24) is 0 Å². The van der Waals surface area contributed by atoms with Crippen LogP contribution in [0.4, 0.5) is 0 Å². The van der Waals surface area contributed by atoms with Gasteiger partial charge in [-0.1, -0.05) is 209 Å². The van der Waals surface area contributed by atoms with E-state index < -0.39 is 6.10 Å². The topological polar surface area (TPSA) is 78.9 Å². The van der Waals surface area contributed by atoms with Crippen LogP contribution in [-0.4, -0.2) is 37.2 Å². The highest BCUT2D eigenvalue weighted by Crippen LogP contribution is 2.14. The molecule has 0 heterocycles. The molecule has 6 nitrogen and oxygen atoms in total. The SMILES string of the molecule is CC/C=C\C/C=C\CCCCCCCCCC(=O)OCC(COC(=O)CCC/C=C\C/C=C\C/C=C\CCCCCCCC)OC(=O)CCCCCCCCC/C=C\CCCCCC. The van der Waals surface area contributed by atoms with Crippen LogP contribution >= 0.6 is 0 Å². The minimum atomic E-state index is -0.800. The van der Waals surface area contributed by atoms with E-state index in [-0.39, 0.29) is 37.5 Å². The molecule has 0 N–H and O–H groups in total. The first-order valence-electron chi connectivity index (χ1n) is 26.9. The standard InChI is InChI=1S/C58H100O6/c1-4-7-10-13-16-19-22-25-28-29-31-33-36-39-42-45-48-51-57(60)63-54-55(53-62-56(59)50-47-44-41-38-35-32-27-24-21-18-15-12-9-6-3)64-58(61)52-49-46-43-40-37-34-30-26-23-20-17-14-11-8-5-2/h9,12,18,20-21,23,25,28,31,33,39,42,55H,4-8,10-11,13-17,19,22,24,26-27,29-30,32,34-38,40-41,43-54H2,1-3H3/b12-9-,21-18-,23-20-,28-25-,33-31-,42-39-. The number of hydrogen-bond acceptors (Lipinski definition) is 6. The van der Waals surface area contributed by atoms with E-state index in [0.717, 1.165) is 77.0 Å². The first-order chi connectivity index (χ1) is 31.5. The molecule has 64 heavy (non-hydrogen) atoms. The van der Waals surface area contributed by atoms with E-state index in [1.165, 1.54) is 135 Å². The summed E-state index contributed by atoms with van der Waals surface area (Å²) in [6, 6.07) is 0. The number of unbranched alkanes of at least 4 members (excludes halogenated alkanes) is 25. The van der Waals surface area contributed by atoms with E-state index in [4.69, 9.17) is 14.2 Å². The molecule has 0 saturated heterocycles. The summed E-state index contributed by atoms with van der Waals surface area (Å²) in [5, 5.41) is 0. The number of carbonyl (C=O) groups excluding carboxylic acids is 3. The van der Waals surface area contributed by atoms with Gasteiger partial charge in [0.2, 0.25) is 0 Å². The summed E-state index contributed by atoms with van der Waals surface area (Å²) >= 11 is 0. The molecule has 0 fully saturated rings. The van der Waals surface area contributed by atoms with Gasteiger partial charge < -0.3 is 14.2 Å². The molecule has 0 aromatic heterocycles. The van der Waals surface area contributed by atoms with Crippen molar-refractivity contribution >= 4 is 17.9 Å². The third-order valence-electron chi connectivity index (χ3n) is 11.4. The molecule has 0 spiro atoms. The molecular weight excluding hydrogens is 793 g/mol. The largest absolute Gasteiger partial charge is 0.462 e. The van der Waals surface area contributed by atoms with E-state index in [1.807, 2.05) is 0 Å². The Morgan fingerprint density at radius 3 is 1.05 bits per heavy atom. The van der Waals surface area contributed by atoms with Gasteiger partial charge in [0.1, 0.15) is 13.2 Å². The predicted molar refractivity (Wildman–Crippen MR) is 274 cm³/mol. The van der Waals surface area contributed by atoms with Crippen molar-refractivity contribution in [1.29, 1.82) is 0 Å². The smallest absolute Gasteiger partial charge is 0.306 e. The molecule has 1 atom stereocenters. The Bertz CT molecular complexity index is 1210. The molecule has 0 amide bonds. The predicted octanol–water partition coefficient (Wildman–Crippen LogP) is 17.8. The van der Waals surface area contributed by atoms with Crippen LogP contribution in [0, 0.1) is 0 Å². The number of hydrogen-bond donors (Lipinski definition) is 0. The summed E-state index contributed by atoms with van der Waals surface area (Å²) in [5.41, 5.74) is 0. The first kappa shape index (κ1) is 60.9. The molecule has 0 radical (unpaired) electrons. The highest BCUT2D eigenvalue weighted by molar-refractivity contribution is 5.71. The number of carbonyl (C=O) groups is 3. The van der Waals surface area contributed by atoms with Gasteiger partial charge in [0, 0.05) is 19.3 Å². The van der Waals surface area contributed by atoms with Crippen LogP contribution in [0.2, 0.25) is 0 Å². The molecule has 0 aromatic rings. The molecule has 0 bridgehead atoms. The number of ether oxygens (including phenoxy) is 3. The fourth-order valence-electron chi connectivity index (χ4n) is 7.37. The highest BCUT2D eigenvalue weighted by Gasteiger charge is 2.19. The summed E-state index contributed by atoms with van der Waals surface area (Å²) in [5.74, 6) is -0.960. The normalized spacial score (nSPS) is 12.6. The van der Waals surface area contributed by atoms with Gasteiger partial charge in [-0.2, -0.15) is 0 Å². The second kappa shape index (κ2) is 52.5. The van der Waals surface area contributed by atoms with Gasteiger partial charge in [-0.05, 0) is 103 Å². The van der Waals surface area contributed by atoms with Crippen molar-refractivity contribution in [3.63, 3.8) is 0 Å². The average Bonchev–Trinajstić information content (AvgIpc) is 3.29. The number of allylic oxidation sites excluding steroid dienone is 12.